The van der Waals surface area contributed by atoms with Gasteiger partial charge in [0.15, 0.2) is 5.78 Å². The summed E-state index contributed by atoms with van der Waals surface area (Å²) in [4.78, 5) is 29.0. The molecule has 4 aromatic rings. The van der Waals surface area contributed by atoms with Gasteiger partial charge in [0.1, 0.15) is 0 Å². The molecule has 0 heterocycles. The fourth-order valence-electron chi connectivity index (χ4n) is 6.73. The Kier molecular flexibility index (Phi) is 5.64. The van der Waals surface area contributed by atoms with E-state index in [1.807, 2.05) is 104 Å². The predicted molar refractivity (Wildman–Crippen MR) is 146 cm³/mol. The van der Waals surface area contributed by atoms with Crippen LogP contribution in [-0.4, -0.2) is 18.4 Å². The standard InChI is InChI=1S/C34H28O3/c1-2-37-31(35)28-23-33(26-19-11-5-12-20-26)29(24-15-7-3-8-16-24)30(25-17-9-4-10-18-25)34(28,32(33)36)27-21-13-6-14-22-27/h3-22,28H,2,23H2,1H3/t28-,33-,34-/m1/s1. The van der Waals surface area contributed by atoms with Gasteiger partial charge in [-0.1, -0.05) is 121 Å². The molecule has 37 heavy (non-hydrogen) atoms. The zero-order valence-corrected chi connectivity index (χ0v) is 20.8. The molecule has 0 spiro atoms. The lowest BCUT2D eigenvalue weighted by Gasteiger charge is -2.38. The fraction of sp³-hybridized carbons (Fsp3) is 0.176. The molecule has 0 unspecified atom stereocenters. The Labute approximate surface area is 217 Å². The van der Waals surface area contributed by atoms with Crippen molar-refractivity contribution in [3.63, 3.8) is 0 Å². The third-order valence-electron chi connectivity index (χ3n) is 8.04. The van der Waals surface area contributed by atoms with Crippen molar-refractivity contribution in [2.75, 3.05) is 6.61 Å². The molecule has 1 fully saturated rings. The van der Waals surface area contributed by atoms with Crippen LogP contribution in [-0.2, 0) is 25.2 Å². The molecule has 182 valence electrons. The van der Waals surface area contributed by atoms with Crippen molar-refractivity contribution in [2.45, 2.75) is 24.2 Å². The van der Waals surface area contributed by atoms with Gasteiger partial charge in [0.25, 0.3) is 0 Å². The van der Waals surface area contributed by atoms with E-state index in [-0.39, 0.29) is 18.4 Å². The molecule has 0 saturated heterocycles. The maximum absolute atomic E-state index is 15.2. The summed E-state index contributed by atoms with van der Waals surface area (Å²) in [6, 6.07) is 40.0. The molecular weight excluding hydrogens is 456 g/mol. The van der Waals surface area contributed by atoms with Crippen LogP contribution in [0, 0.1) is 5.92 Å². The summed E-state index contributed by atoms with van der Waals surface area (Å²) < 4.78 is 5.67. The van der Waals surface area contributed by atoms with Gasteiger partial charge in [-0.3, -0.25) is 9.59 Å². The number of hydrogen-bond donors (Lipinski definition) is 0. The van der Waals surface area contributed by atoms with Crippen molar-refractivity contribution in [3.8, 4) is 0 Å². The topological polar surface area (TPSA) is 43.4 Å². The monoisotopic (exact) mass is 484 g/mol. The molecule has 2 aliphatic rings. The summed E-state index contributed by atoms with van der Waals surface area (Å²) in [6.45, 7) is 2.08. The number of Topliss-reactive ketones (excluding diaryl/α,β-unsaturated/α-hetero) is 1. The number of allylic oxidation sites excluding steroid dienone is 2. The second-order valence-electron chi connectivity index (χ2n) is 9.77. The van der Waals surface area contributed by atoms with Crippen LogP contribution in [0.3, 0.4) is 0 Å². The highest BCUT2D eigenvalue weighted by atomic mass is 16.5. The molecule has 0 radical (unpaired) electrons. The largest absolute Gasteiger partial charge is 0.466 e. The molecule has 1 saturated carbocycles. The number of carbonyl (C=O) groups excluding carboxylic acids is 2. The van der Waals surface area contributed by atoms with Crippen LogP contribution in [0.5, 0.6) is 0 Å². The Morgan fingerprint density at radius 1 is 0.703 bits per heavy atom. The van der Waals surface area contributed by atoms with Crippen LogP contribution >= 0.6 is 0 Å². The van der Waals surface area contributed by atoms with Gasteiger partial charge >= 0.3 is 5.97 Å². The molecule has 3 atom stereocenters. The Hall–Kier alpha value is -4.24. The Morgan fingerprint density at radius 2 is 1.16 bits per heavy atom. The zero-order chi connectivity index (χ0) is 25.5. The molecule has 0 aliphatic heterocycles. The van der Waals surface area contributed by atoms with Crippen molar-refractivity contribution in [1.29, 1.82) is 0 Å². The van der Waals surface area contributed by atoms with Gasteiger partial charge in [-0.05, 0) is 46.7 Å². The third-order valence-corrected chi connectivity index (χ3v) is 8.04. The second kappa shape index (κ2) is 9.01. The molecule has 2 aliphatic carbocycles. The molecule has 0 aromatic heterocycles. The quantitative estimate of drug-likeness (QED) is 0.288. The molecule has 6 rings (SSSR count). The number of ether oxygens (including phenoxy) is 1. The van der Waals surface area contributed by atoms with Crippen LogP contribution in [0.2, 0.25) is 0 Å². The molecule has 4 aromatic carbocycles. The summed E-state index contributed by atoms with van der Waals surface area (Å²) >= 11 is 0. The normalized spacial score (nSPS) is 24.4. The molecular formula is C34H28O3. The summed E-state index contributed by atoms with van der Waals surface area (Å²) in [5.74, 6) is -0.920. The summed E-state index contributed by atoms with van der Waals surface area (Å²) in [7, 11) is 0. The van der Waals surface area contributed by atoms with Crippen molar-refractivity contribution in [3.05, 3.63) is 144 Å². The molecule has 2 bridgehead atoms. The van der Waals surface area contributed by atoms with E-state index >= 15 is 4.79 Å². The number of fused-ring (bicyclic) bond motifs is 2. The molecule has 0 amide bonds. The predicted octanol–water partition coefficient (Wildman–Crippen LogP) is 6.64. The lowest BCUT2D eigenvalue weighted by Crippen LogP contribution is -2.42. The van der Waals surface area contributed by atoms with Crippen molar-refractivity contribution < 1.29 is 14.3 Å². The van der Waals surface area contributed by atoms with Crippen LogP contribution in [0.4, 0.5) is 0 Å². The first kappa shape index (κ1) is 23.2. The van der Waals surface area contributed by atoms with Crippen LogP contribution in [0.15, 0.2) is 121 Å². The maximum atomic E-state index is 15.2. The fourth-order valence-corrected chi connectivity index (χ4v) is 6.73. The Bertz CT molecular complexity index is 1480. The minimum atomic E-state index is -1.17. The van der Waals surface area contributed by atoms with E-state index in [0.717, 1.165) is 33.4 Å². The minimum Gasteiger partial charge on any atom is -0.466 e. The third kappa shape index (κ3) is 3.20. The lowest BCUT2D eigenvalue weighted by atomic mass is 9.63. The summed E-state index contributed by atoms with van der Waals surface area (Å²) in [5, 5.41) is 0. The average molecular weight is 485 g/mol. The number of esters is 1. The van der Waals surface area contributed by atoms with E-state index in [4.69, 9.17) is 4.74 Å². The van der Waals surface area contributed by atoms with Gasteiger partial charge in [-0.2, -0.15) is 0 Å². The average Bonchev–Trinajstić information content (AvgIpc) is 3.37. The Morgan fingerprint density at radius 3 is 1.68 bits per heavy atom. The van der Waals surface area contributed by atoms with Crippen molar-refractivity contribution in [2.24, 2.45) is 5.92 Å². The van der Waals surface area contributed by atoms with Crippen LogP contribution < -0.4 is 0 Å². The maximum Gasteiger partial charge on any atom is 0.310 e. The molecule has 3 heteroatoms. The van der Waals surface area contributed by atoms with E-state index in [1.165, 1.54) is 0 Å². The van der Waals surface area contributed by atoms with E-state index in [9.17, 15) is 4.79 Å². The van der Waals surface area contributed by atoms with E-state index in [1.54, 1.807) is 0 Å². The number of ketones is 1. The second-order valence-corrected chi connectivity index (χ2v) is 9.77. The first-order valence-electron chi connectivity index (χ1n) is 12.8. The SMILES string of the molecule is CCOC(=O)[C@H]1C[C@]2(c3ccccc3)C(=O)[C@@]1(c1ccccc1)C(c1ccccc1)=C2c1ccccc1. The van der Waals surface area contributed by atoms with E-state index in [2.05, 4.69) is 24.3 Å². The molecule has 0 N–H and O–H groups in total. The first-order valence-corrected chi connectivity index (χ1v) is 12.8. The number of benzene rings is 4. The van der Waals surface area contributed by atoms with Crippen molar-refractivity contribution >= 4 is 22.9 Å². The van der Waals surface area contributed by atoms with Gasteiger partial charge < -0.3 is 4.74 Å². The number of hydrogen-bond acceptors (Lipinski definition) is 3. The van der Waals surface area contributed by atoms with Gasteiger partial charge in [-0.15, -0.1) is 0 Å². The van der Waals surface area contributed by atoms with Crippen molar-refractivity contribution in [1.82, 2.24) is 0 Å². The Balaban J connectivity index is 1.81. The van der Waals surface area contributed by atoms with E-state index < -0.39 is 16.7 Å². The highest BCUT2D eigenvalue weighted by Gasteiger charge is 2.74. The van der Waals surface area contributed by atoms with Gasteiger partial charge in [-0.25, -0.2) is 0 Å². The first-order chi connectivity index (χ1) is 18.2. The van der Waals surface area contributed by atoms with Gasteiger partial charge in [0.05, 0.1) is 23.4 Å². The molecule has 3 nitrogen and oxygen atoms in total. The zero-order valence-electron chi connectivity index (χ0n) is 20.8. The summed E-state index contributed by atoms with van der Waals surface area (Å²) in [6.07, 6.45) is 0.365. The van der Waals surface area contributed by atoms with E-state index in [0.29, 0.717) is 6.42 Å². The number of carbonyl (C=O) groups is 2. The summed E-state index contributed by atoms with van der Waals surface area (Å²) in [5.41, 5.74) is 3.43. The smallest absolute Gasteiger partial charge is 0.310 e. The lowest BCUT2D eigenvalue weighted by molar-refractivity contribution is -0.150. The number of rotatable bonds is 6. The minimum absolute atomic E-state index is 0.0492. The van der Waals surface area contributed by atoms with Gasteiger partial charge in [0.2, 0.25) is 0 Å². The van der Waals surface area contributed by atoms with Crippen LogP contribution in [0.1, 0.15) is 35.6 Å². The van der Waals surface area contributed by atoms with Crippen LogP contribution in [0.25, 0.3) is 11.1 Å². The van der Waals surface area contributed by atoms with Gasteiger partial charge in [0, 0.05) is 0 Å². The highest BCUT2D eigenvalue weighted by molar-refractivity contribution is 6.30. The highest BCUT2D eigenvalue weighted by Crippen LogP contribution is 2.70.